The van der Waals surface area contributed by atoms with E-state index in [-0.39, 0.29) is 5.25 Å². The fraction of sp³-hybridized carbons (Fsp3) is 0.400. The standard InChI is InChI=1S/C10H16N2OS/c1-8(2)14(13)12-10-5-3-4-9(6-10)7-11/h3-6,8,12H,7,11H2,1-2H3. The van der Waals surface area contributed by atoms with Crippen molar-refractivity contribution in [3.05, 3.63) is 29.8 Å². The van der Waals surface area contributed by atoms with Crippen molar-refractivity contribution in [2.75, 3.05) is 4.72 Å². The molecule has 14 heavy (non-hydrogen) atoms. The maximum atomic E-state index is 11.5. The van der Waals surface area contributed by atoms with Crippen LogP contribution in [0.25, 0.3) is 0 Å². The van der Waals surface area contributed by atoms with Crippen LogP contribution in [-0.4, -0.2) is 9.46 Å². The molecule has 1 aromatic carbocycles. The highest BCUT2D eigenvalue weighted by Crippen LogP contribution is 2.11. The fourth-order valence-corrected chi connectivity index (χ4v) is 1.59. The summed E-state index contributed by atoms with van der Waals surface area (Å²) in [5.74, 6) is 0. The molecule has 1 rings (SSSR count). The van der Waals surface area contributed by atoms with Crippen LogP contribution >= 0.6 is 0 Å². The van der Waals surface area contributed by atoms with Crippen LogP contribution in [-0.2, 0) is 17.5 Å². The van der Waals surface area contributed by atoms with Crippen molar-refractivity contribution in [1.82, 2.24) is 0 Å². The van der Waals surface area contributed by atoms with Gasteiger partial charge in [0.2, 0.25) is 0 Å². The zero-order valence-corrected chi connectivity index (χ0v) is 9.30. The van der Waals surface area contributed by atoms with E-state index in [0.717, 1.165) is 11.3 Å². The predicted molar refractivity (Wildman–Crippen MR) is 61.2 cm³/mol. The Kier molecular flexibility index (Phi) is 4.10. The average Bonchev–Trinajstić information content (AvgIpc) is 2.18. The maximum absolute atomic E-state index is 11.5. The summed E-state index contributed by atoms with van der Waals surface area (Å²) in [6.07, 6.45) is 0. The third kappa shape index (κ3) is 3.12. The molecule has 0 aliphatic carbocycles. The van der Waals surface area contributed by atoms with Gasteiger partial charge >= 0.3 is 0 Å². The van der Waals surface area contributed by atoms with Crippen LogP contribution in [0.15, 0.2) is 24.3 Å². The van der Waals surface area contributed by atoms with Crippen LogP contribution in [0.5, 0.6) is 0 Å². The molecule has 0 saturated carbocycles. The third-order valence-corrected chi connectivity index (χ3v) is 3.10. The first-order chi connectivity index (χ1) is 6.63. The Labute approximate surface area is 87.3 Å². The van der Waals surface area contributed by atoms with Crippen molar-refractivity contribution in [3.63, 3.8) is 0 Å². The number of rotatable bonds is 4. The minimum atomic E-state index is -1.02. The summed E-state index contributed by atoms with van der Waals surface area (Å²) in [7, 11) is -1.02. The molecule has 0 saturated heterocycles. The van der Waals surface area contributed by atoms with Crippen molar-refractivity contribution in [2.45, 2.75) is 25.6 Å². The lowest BCUT2D eigenvalue weighted by atomic mass is 10.2. The van der Waals surface area contributed by atoms with Gasteiger partial charge in [-0.3, -0.25) is 0 Å². The van der Waals surface area contributed by atoms with Gasteiger partial charge in [-0.1, -0.05) is 12.1 Å². The lowest BCUT2D eigenvalue weighted by molar-refractivity contribution is 0.680. The monoisotopic (exact) mass is 212 g/mol. The van der Waals surface area contributed by atoms with E-state index in [4.69, 9.17) is 5.73 Å². The molecule has 0 aromatic heterocycles. The zero-order chi connectivity index (χ0) is 10.6. The molecular formula is C10H16N2OS. The van der Waals surface area contributed by atoms with Gasteiger partial charge in [-0.25, -0.2) is 4.21 Å². The fourth-order valence-electron chi connectivity index (χ4n) is 0.996. The predicted octanol–water partition coefficient (Wildman–Crippen LogP) is 1.63. The molecule has 0 heterocycles. The van der Waals surface area contributed by atoms with Crippen molar-refractivity contribution in [1.29, 1.82) is 0 Å². The number of hydrogen-bond donors (Lipinski definition) is 2. The SMILES string of the molecule is CC(C)S(=O)Nc1cccc(CN)c1. The highest BCUT2D eigenvalue weighted by molar-refractivity contribution is 7.86. The van der Waals surface area contributed by atoms with Crippen LogP contribution in [0, 0.1) is 0 Å². The summed E-state index contributed by atoms with van der Waals surface area (Å²) in [6.45, 7) is 4.33. The lowest BCUT2D eigenvalue weighted by Crippen LogP contribution is -2.14. The van der Waals surface area contributed by atoms with Gasteiger partial charge in [-0.2, -0.15) is 0 Å². The largest absolute Gasteiger partial charge is 0.326 e. The molecule has 1 unspecified atom stereocenters. The van der Waals surface area contributed by atoms with Gasteiger partial charge in [0.05, 0.1) is 0 Å². The highest BCUT2D eigenvalue weighted by Gasteiger charge is 2.04. The molecule has 0 aliphatic rings. The zero-order valence-electron chi connectivity index (χ0n) is 8.49. The second-order valence-corrected chi connectivity index (χ2v) is 5.09. The molecule has 0 bridgehead atoms. The molecule has 0 aliphatic heterocycles. The van der Waals surface area contributed by atoms with E-state index in [9.17, 15) is 4.21 Å². The quantitative estimate of drug-likeness (QED) is 0.797. The van der Waals surface area contributed by atoms with Crippen molar-refractivity contribution >= 4 is 16.7 Å². The van der Waals surface area contributed by atoms with Crippen molar-refractivity contribution in [2.24, 2.45) is 5.73 Å². The highest BCUT2D eigenvalue weighted by atomic mass is 32.2. The molecule has 3 nitrogen and oxygen atoms in total. The molecule has 1 atom stereocenters. The molecule has 78 valence electrons. The molecule has 0 amide bonds. The number of benzene rings is 1. The van der Waals surface area contributed by atoms with Crippen molar-refractivity contribution < 1.29 is 4.21 Å². The van der Waals surface area contributed by atoms with E-state index in [2.05, 4.69) is 4.72 Å². The number of nitrogens with two attached hydrogens (primary N) is 1. The second kappa shape index (κ2) is 5.12. The molecule has 0 spiro atoms. The molecule has 0 fully saturated rings. The second-order valence-electron chi connectivity index (χ2n) is 3.35. The van der Waals surface area contributed by atoms with Crippen LogP contribution < -0.4 is 10.5 Å². The van der Waals surface area contributed by atoms with Gasteiger partial charge in [0.25, 0.3) is 0 Å². The Morgan fingerprint density at radius 3 is 2.79 bits per heavy atom. The maximum Gasteiger partial charge on any atom is 0.119 e. The average molecular weight is 212 g/mol. The van der Waals surface area contributed by atoms with E-state index >= 15 is 0 Å². The van der Waals surface area contributed by atoms with Gasteiger partial charge in [-0.15, -0.1) is 0 Å². The van der Waals surface area contributed by atoms with Gasteiger partial charge in [-0.05, 0) is 31.5 Å². The first-order valence-electron chi connectivity index (χ1n) is 4.59. The first kappa shape index (κ1) is 11.2. The van der Waals surface area contributed by atoms with Crippen LogP contribution in [0.2, 0.25) is 0 Å². The van der Waals surface area contributed by atoms with Crippen LogP contribution in [0.1, 0.15) is 19.4 Å². The Balaban J connectivity index is 2.72. The molecular weight excluding hydrogens is 196 g/mol. The Morgan fingerprint density at radius 1 is 1.50 bits per heavy atom. The molecule has 4 heteroatoms. The topological polar surface area (TPSA) is 55.1 Å². The Morgan fingerprint density at radius 2 is 2.21 bits per heavy atom. The third-order valence-electron chi connectivity index (χ3n) is 1.81. The van der Waals surface area contributed by atoms with Crippen LogP contribution in [0.4, 0.5) is 5.69 Å². The summed E-state index contributed by atoms with van der Waals surface area (Å²) in [5.41, 5.74) is 7.40. The van der Waals surface area contributed by atoms with E-state index in [1.165, 1.54) is 0 Å². The Bertz CT molecular complexity index is 326. The summed E-state index contributed by atoms with van der Waals surface area (Å²) < 4.78 is 14.4. The summed E-state index contributed by atoms with van der Waals surface area (Å²) in [6, 6.07) is 7.66. The molecule has 3 N–H and O–H groups in total. The summed E-state index contributed by atoms with van der Waals surface area (Å²) >= 11 is 0. The Hall–Kier alpha value is -0.870. The lowest BCUT2D eigenvalue weighted by Gasteiger charge is -2.09. The minimum absolute atomic E-state index is 0.108. The van der Waals surface area contributed by atoms with E-state index in [1.807, 2.05) is 38.1 Å². The van der Waals surface area contributed by atoms with Gasteiger partial charge in [0, 0.05) is 17.5 Å². The number of nitrogens with one attached hydrogen (secondary N) is 1. The normalized spacial score (nSPS) is 12.9. The van der Waals surface area contributed by atoms with Crippen molar-refractivity contribution in [3.8, 4) is 0 Å². The summed E-state index contributed by atoms with van der Waals surface area (Å²) in [4.78, 5) is 0. The van der Waals surface area contributed by atoms with Gasteiger partial charge in [0.1, 0.15) is 11.0 Å². The van der Waals surface area contributed by atoms with E-state index in [1.54, 1.807) is 0 Å². The molecule has 0 radical (unpaired) electrons. The molecule has 1 aromatic rings. The van der Waals surface area contributed by atoms with E-state index < -0.39 is 11.0 Å². The minimum Gasteiger partial charge on any atom is -0.326 e. The van der Waals surface area contributed by atoms with E-state index in [0.29, 0.717) is 6.54 Å². The number of anilines is 1. The number of hydrogen-bond acceptors (Lipinski definition) is 2. The van der Waals surface area contributed by atoms with Gasteiger partial charge in [0.15, 0.2) is 0 Å². The van der Waals surface area contributed by atoms with Crippen LogP contribution in [0.3, 0.4) is 0 Å². The summed E-state index contributed by atoms with van der Waals surface area (Å²) in [5, 5.41) is 0.108. The first-order valence-corrected chi connectivity index (χ1v) is 5.81. The van der Waals surface area contributed by atoms with Gasteiger partial charge < -0.3 is 10.5 Å². The smallest absolute Gasteiger partial charge is 0.119 e.